The van der Waals surface area contributed by atoms with E-state index in [0.717, 1.165) is 44.1 Å². The average molecular weight is 424 g/mol. The summed E-state index contributed by atoms with van der Waals surface area (Å²) in [5.74, 6) is 2.62. The van der Waals surface area contributed by atoms with Crippen LogP contribution < -0.4 is 5.32 Å². The van der Waals surface area contributed by atoms with Crippen LogP contribution >= 0.6 is 24.0 Å². The lowest BCUT2D eigenvalue weighted by atomic mass is 9.96. The zero-order chi connectivity index (χ0) is 15.1. The van der Waals surface area contributed by atoms with Gasteiger partial charge in [-0.05, 0) is 51.1 Å². The Morgan fingerprint density at radius 1 is 1.27 bits per heavy atom. The van der Waals surface area contributed by atoms with Crippen LogP contribution in [0, 0.1) is 11.8 Å². The molecule has 2 saturated heterocycles. The summed E-state index contributed by atoms with van der Waals surface area (Å²) in [5.41, 5.74) is 0. The maximum atomic E-state index is 5.43. The van der Waals surface area contributed by atoms with Crippen molar-refractivity contribution in [2.24, 2.45) is 16.8 Å². The Morgan fingerprint density at radius 3 is 2.59 bits per heavy atom. The third-order valence-electron chi connectivity index (χ3n) is 4.82. The van der Waals surface area contributed by atoms with Gasteiger partial charge in [-0.1, -0.05) is 0 Å². The van der Waals surface area contributed by atoms with E-state index < -0.39 is 0 Å². The van der Waals surface area contributed by atoms with Crippen molar-refractivity contribution in [3.8, 4) is 0 Å². The van der Waals surface area contributed by atoms with Crippen molar-refractivity contribution in [3.05, 3.63) is 0 Å². The Bertz CT molecular complexity index is 334. The Balaban J connectivity index is 0.00000242. The van der Waals surface area contributed by atoms with Gasteiger partial charge in [0.25, 0.3) is 0 Å². The van der Waals surface area contributed by atoms with Gasteiger partial charge in [-0.3, -0.25) is 4.99 Å². The number of aliphatic imine (C=N–C) groups is 1. The van der Waals surface area contributed by atoms with Crippen molar-refractivity contribution in [1.29, 1.82) is 0 Å². The highest BCUT2D eigenvalue weighted by atomic mass is 127. The monoisotopic (exact) mass is 424 g/mol. The summed E-state index contributed by atoms with van der Waals surface area (Å²) < 4.78 is 5.43. The second-order valence-electron chi connectivity index (χ2n) is 6.61. The third kappa shape index (κ3) is 6.58. The minimum atomic E-state index is 0. The van der Waals surface area contributed by atoms with Crippen LogP contribution in [0.4, 0.5) is 0 Å². The number of hydrogen-bond donors (Lipinski definition) is 1. The fourth-order valence-electron chi connectivity index (χ4n) is 3.33. The molecule has 0 radical (unpaired) electrons. The van der Waals surface area contributed by atoms with Gasteiger partial charge in [-0.15, -0.1) is 24.0 Å². The standard InChI is InChI=1S/C16H32N4O.HI/c1-17-16(18-12-15-4-8-19(2)13-15)20(3)9-5-14-6-10-21-11-7-14;/h14-15H,4-13H2,1-3H3,(H,17,18);1H. The van der Waals surface area contributed by atoms with Crippen LogP contribution in [-0.2, 0) is 4.74 Å². The predicted molar refractivity (Wildman–Crippen MR) is 103 cm³/mol. The summed E-state index contributed by atoms with van der Waals surface area (Å²) in [4.78, 5) is 9.10. The average Bonchev–Trinajstić information content (AvgIpc) is 2.92. The van der Waals surface area contributed by atoms with E-state index in [1.165, 1.54) is 38.8 Å². The molecule has 2 heterocycles. The zero-order valence-electron chi connectivity index (χ0n) is 14.4. The normalized spacial score (nSPS) is 24.1. The molecule has 1 unspecified atom stereocenters. The van der Waals surface area contributed by atoms with Crippen LogP contribution in [0.25, 0.3) is 0 Å². The molecule has 0 spiro atoms. The largest absolute Gasteiger partial charge is 0.381 e. The predicted octanol–water partition coefficient (Wildman–Crippen LogP) is 1.88. The molecule has 0 aromatic rings. The first-order valence-electron chi connectivity index (χ1n) is 8.37. The molecule has 0 saturated carbocycles. The Labute approximate surface area is 152 Å². The fourth-order valence-corrected chi connectivity index (χ4v) is 3.33. The molecule has 6 heteroatoms. The first-order chi connectivity index (χ1) is 10.2. The summed E-state index contributed by atoms with van der Waals surface area (Å²) in [5, 5.41) is 3.54. The molecule has 5 nitrogen and oxygen atoms in total. The lowest BCUT2D eigenvalue weighted by Gasteiger charge is -2.27. The second kappa shape index (κ2) is 10.6. The van der Waals surface area contributed by atoms with Gasteiger partial charge >= 0.3 is 0 Å². The molecule has 0 aromatic carbocycles. The molecular formula is C16H33IN4O. The molecule has 2 aliphatic rings. The van der Waals surface area contributed by atoms with Crippen molar-refractivity contribution in [2.75, 3.05) is 60.5 Å². The Morgan fingerprint density at radius 2 is 2.00 bits per heavy atom. The lowest BCUT2D eigenvalue weighted by Crippen LogP contribution is -2.42. The van der Waals surface area contributed by atoms with Crippen molar-refractivity contribution in [1.82, 2.24) is 15.1 Å². The quantitative estimate of drug-likeness (QED) is 0.416. The first kappa shape index (κ1) is 20.0. The molecule has 2 aliphatic heterocycles. The number of nitrogens with zero attached hydrogens (tertiary/aromatic N) is 3. The number of nitrogens with one attached hydrogen (secondary N) is 1. The van der Waals surface area contributed by atoms with Crippen molar-refractivity contribution in [3.63, 3.8) is 0 Å². The molecule has 0 bridgehead atoms. The van der Waals surface area contributed by atoms with Gasteiger partial charge in [0, 0.05) is 46.9 Å². The highest BCUT2D eigenvalue weighted by Crippen LogP contribution is 2.18. The number of ether oxygens (including phenoxy) is 1. The van der Waals surface area contributed by atoms with E-state index in [4.69, 9.17) is 4.74 Å². The summed E-state index contributed by atoms with van der Waals surface area (Å²) in [6.45, 7) is 6.43. The van der Waals surface area contributed by atoms with E-state index in [1.807, 2.05) is 7.05 Å². The fraction of sp³-hybridized carbons (Fsp3) is 0.938. The van der Waals surface area contributed by atoms with Gasteiger partial charge in [0.15, 0.2) is 5.96 Å². The summed E-state index contributed by atoms with van der Waals surface area (Å²) in [7, 11) is 6.23. The van der Waals surface area contributed by atoms with Crippen LogP contribution in [0.3, 0.4) is 0 Å². The van der Waals surface area contributed by atoms with Crippen molar-refractivity contribution >= 4 is 29.9 Å². The number of rotatable bonds is 5. The van der Waals surface area contributed by atoms with Gasteiger partial charge < -0.3 is 19.9 Å². The van der Waals surface area contributed by atoms with E-state index in [9.17, 15) is 0 Å². The SMILES string of the molecule is CN=C(NCC1CCN(C)C1)N(C)CCC1CCOCC1.I. The number of hydrogen-bond acceptors (Lipinski definition) is 3. The van der Waals surface area contributed by atoms with Crippen molar-refractivity contribution in [2.45, 2.75) is 25.7 Å². The van der Waals surface area contributed by atoms with Crippen molar-refractivity contribution < 1.29 is 4.74 Å². The van der Waals surface area contributed by atoms with E-state index >= 15 is 0 Å². The van der Waals surface area contributed by atoms with E-state index in [1.54, 1.807) is 0 Å². The molecule has 0 aromatic heterocycles. The summed E-state index contributed by atoms with van der Waals surface area (Å²) >= 11 is 0. The summed E-state index contributed by atoms with van der Waals surface area (Å²) in [6.07, 6.45) is 4.97. The van der Waals surface area contributed by atoms with Gasteiger partial charge in [0.1, 0.15) is 0 Å². The molecule has 0 amide bonds. The van der Waals surface area contributed by atoms with E-state index in [0.29, 0.717) is 0 Å². The molecule has 1 N–H and O–H groups in total. The van der Waals surface area contributed by atoms with Crippen LogP contribution in [-0.4, -0.2) is 76.3 Å². The second-order valence-corrected chi connectivity index (χ2v) is 6.61. The minimum Gasteiger partial charge on any atom is -0.381 e. The number of guanidine groups is 1. The Kier molecular flexibility index (Phi) is 9.66. The molecule has 0 aliphatic carbocycles. The first-order valence-corrected chi connectivity index (χ1v) is 8.37. The maximum Gasteiger partial charge on any atom is 0.193 e. The van der Waals surface area contributed by atoms with Crippen LogP contribution in [0.5, 0.6) is 0 Å². The highest BCUT2D eigenvalue weighted by molar-refractivity contribution is 14.0. The van der Waals surface area contributed by atoms with Crippen LogP contribution in [0.15, 0.2) is 4.99 Å². The summed E-state index contributed by atoms with van der Waals surface area (Å²) in [6, 6.07) is 0. The van der Waals surface area contributed by atoms with Gasteiger partial charge in [-0.25, -0.2) is 0 Å². The van der Waals surface area contributed by atoms with Crippen LogP contribution in [0.2, 0.25) is 0 Å². The molecule has 1 atom stereocenters. The topological polar surface area (TPSA) is 40.1 Å². The van der Waals surface area contributed by atoms with E-state index in [-0.39, 0.29) is 24.0 Å². The van der Waals surface area contributed by atoms with Gasteiger partial charge in [0.2, 0.25) is 0 Å². The minimum absolute atomic E-state index is 0. The lowest BCUT2D eigenvalue weighted by molar-refractivity contribution is 0.0625. The smallest absolute Gasteiger partial charge is 0.193 e. The number of halogens is 1. The number of likely N-dealkylation sites (tertiary alicyclic amines) is 1. The molecule has 22 heavy (non-hydrogen) atoms. The highest BCUT2D eigenvalue weighted by Gasteiger charge is 2.20. The third-order valence-corrected chi connectivity index (χ3v) is 4.82. The van der Waals surface area contributed by atoms with Crippen LogP contribution in [0.1, 0.15) is 25.7 Å². The Hall–Kier alpha value is -0.0800. The molecule has 130 valence electrons. The maximum absolute atomic E-state index is 5.43. The molecule has 2 rings (SSSR count). The van der Waals surface area contributed by atoms with Gasteiger partial charge in [0.05, 0.1) is 0 Å². The molecule has 2 fully saturated rings. The zero-order valence-corrected chi connectivity index (χ0v) is 16.7. The molecular weight excluding hydrogens is 391 g/mol. The van der Waals surface area contributed by atoms with Gasteiger partial charge in [-0.2, -0.15) is 0 Å². The van der Waals surface area contributed by atoms with E-state index in [2.05, 4.69) is 34.2 Å².